The molecule has 0 amide bonds. The number of hydrogen-bond acceptors (Lipinski definition) is 3. The third-order valence-corrected chi connectivity index (χ3v) is 3.33. The van der Waals surface area contributed by atoms with Crippen LogP contribution >= 0.6 is 0 Å². The van der Waals surface area contributed by atoms with Crippen molar-refractivity contribution in [1.29, 1.82) is 0 Å². The van der Waals surface area contributed by atoms with Crippen molar-refractivity contribution in [2.24, 2.45) is 17.4 Å². The summed E-state index contributed by atoms with van der Waals surface area (Å²) < 4.78 is -0.0797. The number of nitrogens with two attached hydrogens (primary N) is 2. The number of piperidine rings is 1. The fourth-order valence-electron chi connectivity index (χ4n) is 2.23. The standard InChI is InChI=1S/C12H25N3O/c13-7-3-1-2-4-12-5-9-15(16,10-6-12)11-8-14/h2,4,12H,1,3,5-11,13-14H2/b4-2+. The van der Waals surface area contributed by atoms with E-state index in [1.807, 2.05) is 0 Å². The molecule has 0 aliphatic carbocycles. The van der Waals surface area contributed by atoms with E-state index >= 15 is 0 Å². The van der Waals surface area contributed by atoms with Gasteiger partial charge in [-0.1, -0.05) is 12.2 Å². The third-order valence-electron chi connectivity index (χ3n) is 3.33. The predicted octanol–water partition coefficient (Wildman–Crippen LogP) is 0.965. The van der Waals surface area contributed by atoms with E-state index in [-0.39, 0.29) is 4.65 Å². The van der Waals surface area contributed by atoms with Gasteiger partial charge in [-0.25, -0.2) is 0 Å². The second kappa shape index (κ2) is 7.01. The fourth-order valence-corrected chi connectivity index (χ4v) is 2.23. The first-order valence-electron chi connectivity index (χ1n) is 6.34. The van der Waals surface area contributed by atoms with Crippen molar-refractivity contribution in [3.8, 4) is 0 Å². The SMILES string of the molecule is NCCC/C=C/C1CC[N+]([O-])(CCN)CC1. The van der Waals surface area contributed by atoms with Crippen LogP contribution < -0.4 is 11.5 Å². The van der Waals surface area contributed by atoms with E-state index in [9.17, 15) is 5.21 Å². The van der Waals surface area contributed by atoms with Gasteiger partial charge in [0.25, 0.3) is 0 Å². The quantitative estimate of drug-likeness (QED) is 0.307. The van der Waals surface area contributed by atoms with Gasteiger partial charge in [0.15, 0.2) is 0 Å². The van der Waals surface area contributed by atoms with Gasteiger partial charge in [0.2, 0.25) is 0 Å². The molecule has 0 spiro atoms. The number of likely N-dealkylation sites (tertiary alicyclic amines) is 1. The number of quaternary nitrogens is 1. The van der Waals surface area contributed by atoms with Gasteiger partial charge < -0.3 is 21.3 Å². The number of rotatable bonds is 6. The molecule has 0 unspecified atom stereocenters. The third kappa shape index (κ3) is 4.61. The largest absolute Gasteiger partial charge is 0.633 e. The first-order valence-corrected chi connectivity index (χ1v) is 6.34. The highest BCUT2D eigenvalue weighted by molar-refractivity contribution is 4.89. The van der Waals surface area contributed by atoms with Gasteiger partial charge in [0.1, 0.15) is 0 Å². The molecule has 4 N–H and O–H groups in total. The number of allylic oxidation sites excluding steroid dienone is 2. The van der Waals surface area contributed by atoms with Crippen LogP contribution in [-0.4, -0.2) is 37.4 Å². The van der Waals surface area contributed by atoms with Crippen molar-refractivity contribution in [2.75, 3.05) is 32.7 Å². The van der Waals surface area contributed by atoms with Crippen molar-refractivity contribution in [3.05, 3.63) is 17.4 Å². The topological polar surface area (TPSA) is 75.1 Å². The van der Waals surface area contributed by atoms with Crippen molar-refractivity contribution in [3.63, 3.8) is 0 Å². The van der Waals surface area contributed by atoms with Crippen molar-refractivity contribution in [1.82, 2.24) is 0 Å². The smallest absolute Gasteiger partial charge is 0.0908 e. The van der Waals surface area contributed by atoms with Gasteiger partial charge in [-0.2, -0.15) is 0 Å². The minimum absolute atomic E-state index is 0.0797. The van der Waals surface area contributed by atoms with Crippen LogP contribution in [-0.2, 0) is 0 Å². The molecular formula is C12H25N3O. The summed E-state index contributed by atoms with van der Waals surface area (Å²) in [5.74, 6) is 0.593. The average Bonchev–Trinajstić information content (AvgIpc) is 2.27. The molecule has 0 aromatic carbocycles. The van der Waals surface area contributed by atoms with E-state index in [1.54, 1.807) is 0 Å². The molecule has 0 atom stereocenters. The summed E-state index contributed by atoms with van der Waals surface area (Å²) in [5, 5.41) is 12.1. The fraction of sp³-hybridized carbons (Fsp3) is 0.833. The Hall–Kier alpha value is -0.420. The monoisotopic (exact) mass is 227 g/mol. The van der Waals surface area contributed by atoms with Crippen molar-refractivity contribution in [2.45, 2.75) is 25.7 Å². The first-order chi connectivity index (χ1) is 7.70. The Morgan fingerprint density at radius 2 is 1.88 bits per heavy atom. The minimum atomic E-state index is -0.0797. The Morgan fingerprint density at radius 1 is 1.19 bits per heavy atom. The maximum absolute atomic E-state index is 12.1. The molecule has 1 fully saturated rings. The lowest BCUT2D eigenvalue weighted by Crippen LogP contribution is -2.50. The van der Waals surface area contributed by atoms with Crippen LogP contribution in [0.2, 0.25) is 0 Å². The molecule has 1 aliphatic heterocycles. The van der Waals surface area contributed by atoms with E-state index < -0.39 is 0 Å². The Morgan fingerprint density at radius 3 is 2.44 bits per heavy atom. The molecule has 4 heteroatoms. The Bertz CT molecular complexity index is 210. The summed E-state index contributed by atoms with van der Waals surface area (Å²) >= 11 is 0. The zero-order valence-corrected chi connectivity index (χ0v) is 10.1. The molecule has 1 saturated heterocycles. The average molecular weight is 227 g/mol. The van der Waals surface area contributed by atoms with Crippen LogP contribution in [0.15, 0.2) is 12.2 Å². The van der Waals surface area contributed by atoms with Gasteiger partial charge in [-0.15, -0.1) is 0 Å². The van der Waals surface area contributed by atoms with Gasteiger partial charge in [-0.3, -0.25) is 0 Å². The zero-order valence-electron chi connectivity index (χ0n) is 10.1. The van der Waals surface area contributed by atoms with Crippen molar-refractivity contribution < 1.29 is 4.65 Å². The zero-order chi connectivity index (χ0) is 11.9. The number of unbranched alkanes of at least 4 members (excludes halogenated alkanes) is 1. The first kappa shape index (κ1) is 13.6. The molecular weight excluding hydrogens is 202 g/mol. The summed E-state index contributed by atoms with van der Waals surface area (Å²) in [6.07, 6.45) is 8.60. The molecule has 0 radical (unpaired) electrons. The van der Waals surface area contributed by atoms with Crippen LogP contribution in [0.4, 0.5) is 0 Å². The van der Waals surface area contributed by atoms with Crippen LogP contribution in [0.1, 0.15) is 25.7 Å². The van der Waals surface area contributed by atoms with Gasteiger partial charge in [0.05, 0.1) is 19.6 Å². The summed E-state index contributed by atoms with van der Waals surface area (Å²) in [6, 6.07) is 0. The van der Waals surface area contributed by atoms with Gasteiger partial charge in [-0.05, 0) is 25.3 Å². The molecule has 1 rings (SSSR count). The summed E-state index contributed by atoms with van der Waals surface area (Å²) in [7, 11) is 0. The lowest BCUT2D eigenvalue weighted by atomic mass is 9.95. The molecule has 0 aromatic rings. The summed E-state index contributed by atoms with van der Waals surface area (Å²) in [6.45, 7) is 3.28. The molecule has 0 saturated carbocycles. The van der Waals surface area contributed by atoms with E-state index in [2.05, 4.69) is 12.2 Å². The normalized spacial score (nSPS) is 31.1. The number of hydrogen-bond donors (Lipinski definition) is 2. The van der Waals surface area contributed by atoms with Crippen LogP contribution in [0, 0.1) is 11.1 Å². The van der Waals surface area contributed by atoms with Crippen LogP contribution in [0.5, 0.6) is 0 Å². The Labute approximate surface area is 98.5 Å². The lowest BCUT2D eigenvalue weighted by Gasteiger charge is -2.46. The molecule has 4 nitrogen and oxygen atoms in total. The molecule has 0 bridgehead atoms. The molecule has 16 heavy (non-hydrogen) atoms. The Balaban J connectivity index is 2.23. The van der Waals surface area contributed by atoms with Gasteiger partial charge >= 0.3 is 0 Å². The van der Waals surface area contributed by atoms with E-state index in [0.717, 1.165) is 45.3 Å². The van der Waals surface area contributed by atoms with E-state index in [1.165, 1.54) is 0 Å². The van der Waals surface area contributed by atoms with Crippen LogP contribution in [0.25, 0.3) is 0 Å². The number of hydroxylamine groups is 3. The predicted molar refractivity (Wildman–Crippen MR) is 67.4 cm³/mol. The maximum atomic E-state index is 12.1. The lowest BCUT2D eigenvalue weighted by molar-refractivity contribution is -0.885. The molecule has 1 aliphatic rings. The second-order valence-corrected chi connectivity index (χ2v) is 4.71. The Kier molecular flexibility index (Phi) is 5.98. The highest BCUT2D eigenvalue weighted by atomic mass is 16.5. The highest BCUT2D eigenvalue weighted by Gasteiger charge is 2.24. The van der Waals surface area contributed by atoms with Crippen molar-refractivity contribution >= 4 is 0 Å². The van der Waals surface area contributed by atoms with Crippen LogP contribution in [0.3, 0.4) is 0 Å². The summed E-state index contributed by atoms with van der Waals surface area (Å²) in [5.41, 5.74) is 10.9. The second-order valence-electron chi connectivity index (χ2n) is 4.71. The summed E-state index contributed by atoms with van der Waals surface area (Å²) in [4.78, 5) is 0. The molecule has 1 heterocycles. The van der Waals surface area contributed by atoms with E-state index in [4.69, 9.17) is 11.5 Å². The van der Waals surface area contributed by atoms with E-state index in [0.29, 0.717) is 19.0 Å². The molecule has 94 valence electrons. The number of nitrogens with zero attached hydrogens (tertiary/aromatic N) is 1. The minimum Gasteiger partial charge on any atom is -0.633 e. The van der Waals surface area contributed by atoms with Gasteiger partial charge in [0, 0.05) is 19.4 Å². The highest BCUT2D eigenvalue weighted by Crippen LogP contribution is 2.23. The molecule has 0 aromatic heterocycles. The maximum Gasteiger partial charge on any atom is 0.0908 e.